The third kappa shape index (κ3) is 2.71. The number of ketones is 2. The van der Waals surface area contributed by atoms with Gasteiger partial charge in [-0.15, -0.1) is 0 Å². The van der Waals surface area contributed by atoms with E-state index < -0.39 is 59.3 Å². The summed E-state index contributed by atoms with van der Waals surface area (Å²) in [5, 5.41) is 20.9. The molecule has 33 heavy (non-hydrogen) atoms. The van der Waals surface area contributed by atoms with Gasteiger partial charge in [0.25, 0.3) is 0 Å². The number of ether oxygens (including phenoxy) is 2. The van der Waals surface area contributed by atoms with Crippen LogP contribution in [0.5, 0.6) is 0 Å². The van der Waals surface area contributed by atoms with Gasteiger partial charge in [0.05, 0.1) is 11.5 Å². The van der Waals surface area contributed by atoms with E-state index in [0.29, 0.717) is 19.3 Å². The number of fused-ring (bicyclic) bond motifs is 6. The Hall–Kier alpha value is -1.80. The van der Waals surface area contributed by atoms with Crippen LogP contribution < -0.4 is 0 Å². The number of alkyl halides is 2. The number of aliphatic hydroxyl groups is 2. The monoisotopic (exact) mass is 466 g/mol. The van der Waals surface area contributed by atoms with Crippen molar-refractivity contribution in [3.63, 3.8) is 0 Å². The first kappa shape index (κ1) is 23.0. The Balaban J connectivity index is 1.62. The van der Waals surface area contributed by atoms with Crippen molar-refractivity contribution < 1.29 is 38.1 Å². The van der Waals surface area contributed by atoms with Crippen LogP contribution in [0.2, 0.25) is 0 Å². The van der Waals surface area contributed by atoms with Gasteiger partial charge in [0, 0.05) is 18.3 Å². The fourth-order valence-corrected chi connectivity index (χ4v) is 7.90. The lowest BCUT2D eigenvalue weighted by Gasteiger charge is -2.62. The van der Waals surface area contributed by atoms with Crippen molar-refractivity contribution in [2.24, 2.45) is 28.6 Å². The van der Waals surface area contributed by atoms with Gasteiger partial charge in [-0.05, 0) is 62.0 Å². The summed E-state index contributed by atoms with van der Waals surface area (Å²) in [6, 6.07) is 0. The SMILES string of the molecule is CCCC1OC2=C(O1)[C@@]1(C)C(=CC2=O)[C@@H](F)C[C@H]2[C@@H]3CC[C@H](C(=O)CO)[C@@]3(C)C[C@H](O)[C@@]21F. The maximum absolute atomic E-state index is 17.5. The minimum absolute atomic E-state index is 0.00520. The second kappa shape index (κ2) is 7.35. The number of halogens is 2. The standard InChI is InChI=1S/C25H32F2O6/c1-4-5-20-32-21-17(29)9-15-16(26)8-14-12-6-7-13(18(30)11-28)23(12,2)10-19(31)25(14,27)24(15,3)22(21)33-20/h9,12-14,16,19-20,28,31H,4-8,10-11H2,1-3H3/t12-,13+,14-,16-,19-,20?,23-,24+,25-/m0/s1. The van der Waals surface area contributed by atoms with Crippen molar-refractivity contribution in [3.8, 4) is 0 Å². The molecular formula is C25H32F2O6. The van der Waals surface area contributed by atoms with Crippen molar-refractivity contribution >= 4 is 11.6 Å². The van der Waals surface area contributed by atoms with Crippen LogP contribution in [-0.4, -0.2) is 52.6 Å². The number of hydrogen-bond acceptors (Lipinski definition) is 6. The van der Waals surface area contributed by atoms with E-state index in [9.17, 15) is 19.8 Å². The molecule has 0 aromatic rings. The summed E-state index contributed by atoms with van der Waals surface area (Å²) in [6.07, 6.45) is -0.687. The molecule has 0 spiro atoms. The van der Waals surface area contributed by atoms with E-state index in [1.54, 1.807) is 0 Å². The molecular weight excluding hydrogens is 434 g/mol. The van der Waals surface area contributed by atoms with Crippen LogP contribution in [0, 0.1) is 28.6 Å². The van der Waals surface area contributed by atoms with Crippen LogP contribution in [0.25, 0.3) is 0 Å². The molecule has 0 saturated heterocycles. The topological polar surface area (TPSA) is 93.1 Å². The average Bonchev–Trinajstić information content (AvgIpc) is 3.34. The van der Waals surface area contributed by atoms with E-state index in [2.05, 4.69) is 0 Å². The molecule has 1 aliphatic heterocycles. The van der Waals surface area contributed by atoms with Crippen molar-refractivity contribution in [2.45, 2.75) is 83.5 Å². The quantitative estimate of drug-likeness (QED) is 0.661. The predicted molar refractivity (Wildman–Crippen MR) is 113 cm³/mol. The highest BCUT2D eigenvalue weighted by Gasteiger charge is 2.75. The number of rotatable bonds is 4. The molecule has 5 aliphatic rings. The lowest BCUT2D eigenvalue weighted by Crippen LogP contribution is -2.69. The zero-order valence-electron chi connectivity index (χ0n) is 19.3. The zero-order valence-corrected chi connectivity index (χ0v) is 19.3. The molecule has 0 aromatic carbocycles. The molecule has 0 amide bonds. The van der Waals surface area contributed by atoms with E-state index in [1.807, 2.05) is 13.8 Å². The maximum atomic E-state index is 17.5. The summed E-state index contributed by atoms with van der Waals surface area (Å²) in [6.45, 7) is 4.70. The molecule has 2 N–H and O–H groups in total. The van der Waals surface area contributed by atoms with E-state index in [-0.39, 0.29) is 41.6 Å². The van der Waals surface area contributed by atoms with Crippen LogP contribution >= 0.6 is 0 Å². The molecule has 6 nitrogen and oxygen atoms in total. The van der Waals surface area contributed by atoms with Gasteiger partial charge < -0.3 is 19.7 Å². The van der Waals surface area contributed by atoms with E-state index in [1.165, 1.54) is 6.92 Å². The molecule has 4 aliphatic carbocycles. The molecule has 3 fully saturated rings. The second-order valence-corrected chi connectivity index (χ2v) is 10.9. The van der Waals surface area contributed by atoms with Crippen molar-refractivity contribution in [2.75, 3.05) is 6.61 Å². The fourth-order valence-electron chi connectivity index (χ4n) is 7.90. The van der Waals surface area contributed by atoms with Gasteiger partial charge in [0.2, 0.25) is 17.8 Å². The van der Waals surface area contributed by atoms with Gasteiger partial charge in [-0.2, -0.15) is 0 Å². The minimum atomic E-state index is -2.30. The lowest BCUT2D eigenvalue weighted by atomic mass is 9.44. The van der Waals surface area contributed by atoms with Crippen molar-refractivity contribution in [3.05, 3.63) is 23.2 Å². The Morgan fingerprint density at radius 3 is 2.64 bits per heavy atom. The van der Waals surface area contributed by atoms with Gasteiger partial charge in [0.15, 0.2) is 17.2 Å². The zero-order chi connectivity index (χ0) is 23.9. The van der Waals surface area contributed by atoms with Crippen molar-refractivity contribution in [1.82, 2.24) is 0 Å². The molecule has 1 heterocycles. The van der Waals surface area contributed by atoms with Gasteiger partial charge in [0.1, 0.15) is 12.8 Å². The molecule has 0 bridgehead atoms. The predicted octanol–water partition coefficient (Wildman–Crippen LogP) is 3.31. The first-order valence-corrected chi connectivity index (χ1v) is 12.0. The summed E-state index contributed by atoms with van der Waals surface area (Å²) in [5.41, 5.74) is -4.74. The summed E-state index contributed by atoms with van der Waals surface area (Å²) < 4.78 is 44.9. The molecule has 5 rings (SSSR count). The fraction of sp³-hybridized carbons (Fsp3) is 0.760. The number of carbonyl (C=O) groups is 2. The third-order valence-electron chi connectivity index (χ3n) is 9.43. The van der Waals surface area contributed by atoms with Gasteiger partial charge >= 0.3 is 0 Å². The lowest BCUT2D eigenvalue weighted by molar-refractivity contribution is -0.213. The average molecular weight is 467 g/mol. The summed E-state index contributed by atoms with van der Waals surface area (Å²) in [7, 11) is 0. The normalized spacial score (nSPS) is 48.2. The first-order valence-electron chi connectivity index (χ1n) is 12.0. The Kier molecular flexibility index (Phi) is 5.11. The molecule has 182 valence electrons. The number of Topliss-reactive ketones (excluding diaryl/α,β-unsaturated/α-hetero) is 1. The van der Waals surface area contributed by atoms with Crippen LogP contribution in [0.3, 0.4) is 0 Å². The molecule has 1 unspecified atom stereocenters. The minimum Gasteiger partial charge on any atom is -0.454 e. The third-order valence-corrected chi connectivity index (χ3v) is 9.43. The van der Waals surface area contributed by atoms with Gasteiger partial charge in [-0.25, -0.2) is 8.78 Å². The van der Waals surface area contributed by atoms with Gasteiger partial charge in [-0.1, -0.05) is 13.8 Å². The smallest absolute Gasteiger partial charge is 0.241 e. The van der Waals surface area contributed by atoms with Gasteiger partial charge in [-0.3, -0.25) is 9.59 Å². The number of carbonyl (C=O) groups excluding carboxylic acids is 2. The largest absolute Gasteiger partial charge is 0.454 e. The van der Waals surface area contributed by atoms with E-state index in [4.69, 9.17) is 9.47 Å². The van der Waals surface area contributed by atoms with Crippen LogP contribution in [0.1, 0.15) is 59.3 Å². The highest BCUT2D eigenvalue weighted by molar-refractivity contribution is 6.05. The van der Waals surface area contributed by atoms with E-state index in [0.717, 1.165) is 12.5 Å². The maximum Gasteiger partial charge on any atom is 0.241 e. The Morgan fingerprint density at radius 2 is 1.97 bits per heavy atom. The number of allylic oxidation sites excluding steroid dienone is 2. The van der Waals surface area contributed by atoms with Crippen molar-refractivity contribution in [1.29, 1.82) is 0 Å². The molecule has 8 heteroatoms. The second-order valence-electron chi connectivity index (χ2n) is 10.9. The first-order chi connectivity index (χ1) is 15.5. The van der Waals surface area contributed by atoms with Crippen LogP contribution in [-0.2, 0) is 19.1 Å². The molecule has 0 radical (unpaired) electrons. The highest BCUT2D eigenvalue weighted by Crippen LogP contribution is 2.71. The Labute approximate surface area is 192 Å². The summed E-state index contributed by atoms with van der Waals surface area (Å²) in [4.78, 5) is 25.2. The Morgan fingerprint density at radius 1 is 1.24 bits per heavy atom. The molecule has 9 atom stereocenters. The molecule has 3 saturated carbocycles. The van der Waals surface area contributed by atoms with Crippen LogP contribution in [0.15, 0.2) is 23.2 Å². The number of hydrogen-bond donors (Lipinski definition) is 2. The summed E-state index contributed by atoms with van der Waals surface area (Å²) >= 11 is 0. The highest BCUT2D eigenvalue weighted by atomic mass is 19.1. The Bertz CT molecular complexity index is 961. The van der Waals surface area contributed by atoms with E-state index >= 15 is 8.78 Å². The summed E-state index contributed by atoms with van der Waals surface area (Å²) in [5.74, 6) is -2.69. The van der Waals surface area contributed by atoms with Crippen LogP contribution in [0.4, 0.5) is 8.78 Å². The molecule has 0 aromatic heterocycles. The number of aliphatic hydroxyl groups excluding tert-OH is 2.